The number of primary amides is 1. The fraction of sp³-hybridized carbons (Fsp3) is 0.500. The first-order chi connectivity index (χ1) is 34.8. The molecule has 0 spiro atoms. The second-order valence-corrected chi connectivity index (χ2v) is 21.2. The van der Waals surface area contributed by atoms with Crippen molar-refractivity contribution >= 4 is 35.4 Å². The first-order valence-corrected chi connectivity index (χ1v) is 26.3. The van der Waals surface area contributed by atoms with Gasteiger partial charge in [0.15, 0.2) is 17.2 Å². The van der Waals surface area contributed by atoms with Crippen molar-refractivity contribution in [2.45, 2.75) is 107 Å². The largest absolute Gasteiger partial charge is 0.488 e. The van der Waals surface area contributed by atoms with Crippen LogP contribution in [0.15, 0.2) is 66.7 Å². The zero-order valence-corrected chi connectivity index (χ0v) is 41.7. The number of ether oxygens (including phenoxy) is 2. The number of aryl methyl sites for hydroxylation is 1. The van der Waals surface area contributed by atoms with E-state index in [1.54, 1.807) is 0 Å². The number of amides is 5. The van der Waals surface area contributed by atoms with Gasteiger partial charge in [-0.2, -0.15) is 0 Å². The predicted molar refractivity (Wildman–Crippen MR) is 269 cm³/mol. The highest BCUT2D eigenvalue weighted by Crippen LogP contribution is 2.56. The van der Waals surface area contributed by atoms with Gasteiger partial charge in [-0.15, -0.1) is 0 Å². The Morgan fingerprint density at radius 3 is 2.36 bits per heavy atom. The maximum atomic E-state index is 16.5. The third kappa shape index (κ3) is 9.69. The number of hydrogen-bond donors (Lipinski definition) is 4. The van der Waals surface area contributed by atoms with Crippen LogP contribution in [0.2, 0.25) is 5.02 Å². The fourth-order valence-electron chi connectivity index (χ4n) is 12.8. The Kier molecular flexibility index (Phi) is 14.6. The maximum Gasteiger partial charge on any atom is 0.324 e. The molecule has 4 heterocycles. The smallest absolute Gasteiger partial charge is 0.324 e. The van der Waals surface area contributed by atoms with Crippen LogP contribution in [0.1, 0.15) is 127 Å². The molecule has 0 aromatic heterocycles. The first kappa shape index (κ1) is 49.9. The lowest BCUT2D eigenvalue weighted by atomic mass is 9.77. The zero-order chi connectivity index (χ0) is 50.3. The maximum absolute atomic E-state index is 16.5. The summed E-state index contributed by atoms with van der Waals surface area (Å²) in [6.45, 7) is 6.89. The Morgan fingerprint density at radius 2 is 1.65 bits per heavy atom. The molecule has 1 saturated carbocycles. The molecule has 4 aromatic carbocycles. The van der Waals surface area contributed by atoms with Gasteiger partial charge in [-0.3, -0.25) is 19.7 Å². The van der Waals surface area contributed by atoms with Gasteiger partial charge in [-0.25, -0.2) is 13.6 Å². The number of piperidine rings is 2. The Bertz CT molecular complexity index is 2710. The van der Waals surface area contributed by atoms with Crippen LogP contribution < -0.4 is 25.8 Å². The highest BCUT2D eigenvalue weighted by Gasteiger charge is 2.50. The van der Waals surface area contributed by atoms with Gasteiger partial charge in [0.2, 0.25) is 17.7 Å². The number of likely N-dealkylation sites (tertiary alicyclic amines) is 2. The number of nitrogens with zero attached hydrogens (tertiary/aromatic N) is 3. The van der Waals surface area contributed by atoms with Crippen LogP contribution in [-0.2, 0) is 21.6 Å². The number of aliphatic hydroxyl groups excluding tert-OH is 1. The number of carbonyl (C=O) groups is 4. The van der Waals surface area contributed by atoms with Crippen molar-refractivity contribution in [2.75, 3.05) is 59.0 Å². The molecule has 0 bridgehead atoms. The number of urea groups is 1. The minimum Gasteiger partial charge on any atom is -0.488 e. The molecule has 0 radical (unpaired) electrons. The van der Waals surface area contributed by atoms with Gasteiger partial charge in [0.05, 0.1) is 23.2 Å². The summed E-state index contributed by atoms with van der Waals surface area (Å²) in [4.78, 5) is 57.6. The van der Waals surface area contributed by atoms with Crippen molar-refractivity contribution in [3.05, 3.63) is 117 Å². The molecule has 4 aromatic rings. The van der Waals surface area contributed by atoms with Gasteiger partial charge in [0, 0.05) is 79.8 Å². The van der Waals surface area contributed by atoms with Crippen LogP contribution in [0, 0.1) is 23.5 Å². The Labute approximate surface area is 424 Å². The van der Waals surface area contributed by atoms with E-state index in [9.17, 15) is 24.3 Å². The van der Waals surface area contributed by atoms with Gasteiger partial charge < -0.3 is 40.3 Å². The van der Waals surface area contributed by atoms with E-state index in [1.165, 1.54) is 34.9 Å². The van der Waals surface area contributed by atoms with Gasteiger partial charge in [0.1, 0.15) is 18.2 Å². The van der Waals surface area contributed by atoms with Crippen molar-refractivity contribution in [3.8, 4) is 22.6 Å². The van der Waals surface area contributed by atoms with Gasteiger partial charge in [-0.05, 0) is 124 Å². The number of aliphatic hydroxyl groups is 1. The molecule has 2 aliphatic carbocycles. The van der Waals surface area contributed by atoms with Gasteiger partial charge in [-0.1, -0.05) is 67.1 Å². The van der Waals surface area contributed by atoms with E-state index in [0.717, 1.165) is 102 Å². The lowest BCUT2D eigenvalue weighted by Gasteiger charge is -2.40. The SMILES string of the molecule is C[C@H]1c2c(cc(F)c(Cl)c2-c2c(C(N)=O)ccc(OCCO)c2F)O[C@]1(CNC1CCC(C(=O)N2CCC(CN3CCC(c4ccc5c(c4)CCC5N4CCC(=O)NC4=O)CC3)CC2)CC1)c1ccccc1. The summed E-state index contributed by atoms with van der Waals surface area (Å²) in [5.41, 5.74) is 9.31. The Balaban J connectivity index is 0.724. The summed E-state index contributed by atoms with van der Waals surface area (Å²) in [5, 5.41) is 15.2. The number of benzene rings is 4. The van der Waals surface area contributed by atoms with Crippen molar-refractivity contribution in [1.29, 1.82) is 0 Å². The molecular formula is C56H65ClF2N6O7. The first-order valence-electron chi connectivity index (χ1n) is 25.9. The van der Waals surface area contributed by atoms with Crippen LogP contribution in [0.25, 0.3) is 11.1 Å². The average molecular weight is 1010 g/mol. The molecule has 72 heavy (non-hydrogen) atoms. The fourth-order valence-corrected chi connectivity index (χ4v) is 13.1. The van der Waals surface area contributed by atoms with Crippen molar-refractivity contribution in [3.63, 3.8) is 0 Å². The van der Waals surface area contributed by atoms with Gasteiger partial charge in [0.25, 0.3) is 0 Å². The Morgan fingerprint density at radius 1 is 0.903 bits per heavy atom. The van der Waals surface area contributed by atoms with E-state index in [0.29, 0.717) is 36.9 Å². The highest BCUT2D eigenvalue weighted by molar-refractivity contribution is 6.34. The highest BCUT2D eigenvalue weighted by atomic mass is 35.5. The third-order valence-electron chi connectivity index (χ3n) is 16.8. The lowest BCUT2D eigenvalue weighted by molar-refractivity contribution is -0.138. The topological polar surface area (TPSA) is 167 Å². The normalized spacial score (nSPS) is 25.0. The van der Waals surface area contributed by atoms with E-state index in [4.69, 9.17) is 26.8 Å². The number of rotatable bonds is 14. The average Bonchev–Trinajstić information content (AvgIpc) is 3.94. The molecule has 3 saturated heterocycles. The summed E-state index contributed by atoms with van der Waals surface area (Å²) < 4.78 is 44.6. The number of fused-ring (bicyclic) bond motifs is 2. The van der Waals surface area contributed by atoms with E-state index in [1.807, 2.05) is 42.2 Å². The number of nitrogens with one attached hydrogen (secondary N) is 2. The molecule has 4 aliphatic heterocycles. The number of hydrogen-bond acceptors (Lipinski definition) is 9. The molecule has 5 N–H and O–H groups in total. The molecule has 382 valence electrons. The molecule has 6 aliphatic rings. The summed E-state index contributed by atoms with van der Waals surface area (Å²) in [6.07, 6.45) is 9.57. The van der Waals surface area contributed by atoms with E-state index < -0.39 is 29.1 Å². The second-order valence-electron chi connectivity index (χ2n) is 20.9. The zero-order valence-electron chi connectivity index (χ0n) is 40.9. The molecule has 10 rings (SSSR count). The van der Waals surface area contributed by atoms with Crippen LogP contribution >= 0.6 is 11.6 Å². The monoisotopic (exact) mass is 1010 g/mol. The van der Waals surface area contributed by atoms with E-state index >= 15 is 8.78 Å². The summed E-state index contributed by atoms with van der Waals surface area (Å²) in [5.74, 6) is -2.27. The molecule has 5 amide bonds. The second kappa shape index (κ2) is 21.1. The Hall–Kier alpha value is -5.61. The molecular weight excluding hydrogens is 942 g/mol. The number of imide groups is 1. The van der Waals surface area contributed by atoms with E-state index in [2.05, 4.69) is 38.6 Å². The summed E-state index contributed by atoms with van der Waals surface area (Å²) in [6, 6.07) is 20.1. The minimum absolute atomic E-state index is 0.0352. The molecule has 1 unspecified atom stereocenters. The third-order valence-corrected chi connectivity index (χ3v) is 17.2. The van der Waals surface area contributed by atoms with Crippen LogP contribution in [-0.4, -0.2) is 109 Å². The minimum atomic E-state index is -1.09. The molecule has 3 atom stereocenters. The molecule has 16 heteroatoms. The quantitative estimate of drug-likeness (QED) is 0.0972. The lowest BCUT2D eigenvalue weighted by Crippen LogP contribution is -2.50. The number of halogens is 3. The van der Waals surface area contributed by atoms with Crippen LogP contribution in [0.5, 0.6) is 11.5 Å². The number of nitrogens with two attached hydrogens (primary N) is 1. The van der Waals surface area contributed by atoms with Crippen molar-refractivity contribution < 1.29 is 42.5 Å². The van der Waals surface area contributed by atoms with E-state index in [-0.39, 0.29) is 82.3 Å². The van der Waals surface area contributed by atoms with Crippen LogP contribution in [0.3, 0.4) is 0 Å². The standard InChI is InChI=1S/C56H65ClF2N6O7/c1-33-48-46(30-43(58)51(57)50(48)49-42(53(60)68)14-16-45(52(49)59)71-28-27-66)72-56(33,39-5-3-2-4-6-39)32-61-40-11-7-36(8-12-40)54(69)64-24-17-34(18-25-64)31-63-22-19-35(20-23-63)37-9-13-41-38(29-37)10-15-44(41)65-26-21-47(67)62-55(65)70/h2-6,9,13-14,16,29-30,33-36,40,44,61,66H,7-8,10-12,15,17-28,31-32H2,1H3,(H2,60,68)(H,62,67,70)/t33-,36?,40?,44?,56-/m0/s1. The summed E-state index contributed by atoms with van der Waals surface area (Å²) >= 11 is 6.73. The van der Waals surface area contributed by atoms with Crippen LogP contribution in [0.4, 0.5) is 13.6 Å². The van der Waals surface area contributed by atoms with Crippen molar-refractivity contribution in [2.24, 2.45) is 17.6 Å². The van der Waals surface area contributed by atoms with Gasteiger partial charge >= 0.3 is 6.03 Å². The molecule has 4 fully saturated rings. The number of carbonyl (C=O) groups excluding carboxylic acids is 4. The summed E-state index contributed by atoms with van der Waals surface area (Å²) in [7, 11) is 0. The predicted octanol–water partition coefficient (Wildman–Crippen LogP) is 8.34. The molecule has 13 nitrogen and oxygen atoms in total. The van der Waals surface area contributed by atoms with Crippen molar-refractivity contribution in [1.82, 2.24) is 25.3 Å².